The number of carbonyl (C=O) groups is 1. The Labute approximate surface area is 102 Å². The predicted octanol–water partition coefficient (Wildman–Crippen LogP) is 3.05. The highest BCUT2D eigenvalue weighted by molar-refractivity contribution is 6.30. The molecule has 16 heavy (non-hydrogen) atoms. The van der Waals surface area contributed by atoms with Crippen LogP contribution in [0, 0.1) is 0 Å². The molecule has 1 aromatic rings. The van der Waals surface area contributed by atoms with Gasteiger partial charge in [-0.25, -0.2) is 0 Å². The van der Waals surface area contributed by atoms with Gasteiger partial charge in [-0.15, -0.1) is 11.6 Å². The molecule has 2 atom stereocenters. The fourth-order valence-corrected chi connectivity index (χ4v) is 1.52. The van der Waals surface area contributed by atoms with Crippen LogP contribution in [-0.4, -0.2) is 11.3 Å². The summed E-state index contributed by atoms with van der Waals surface area (Å²) in [7, 11) is 0. The van der Waals surface area contributed by atoms with Crippen molar-refractivity contribution in [1.29, 1.82) is 0 Å². The molecule has 88 valence electrons. The second-order valence-corrected chi connectivity index (χ2v) is 4.60. The molecule has 0 aromatic heterocycles. The van der Waals surface area contributed by atoms with E-state index in [0.717, 1.165) is 12.0 Å². The number of hydrogen-bond acceptors (Lipinski definition) is 1. The van der Waals surface area contributed by atoms with Gasteiger partial charge in [-0.3, -0.25) is 4.79 Å². The molecule has 0 aliphatic carbocycles. The summed E-state index contributed by atoms with van der Waals surface area (Å²) in [5, 5.41) is 2.37. The van der Waals surface area contributed by atoms with E-state index < -0.39 is 5.38 Å². The minimum atomic E-state index is -0.489. The van der Waals surface area contributed by atoms with Gasteiger partial charge in [0.2, 0.25) is 5.91 Å². The summed E-state index contributed by atoms with van der Waals surface area (Å²) in [6.07, 6.45) is 1.03. The second-order valence-electron chi connectivity index (χ2n) is 3.94. The molecule has 1 amide bonds. The summed E-state index contributed by atoms with van der Waals surface area (Å²) >= 11 is 5.70. The molecular formula is C13H18ClNO. The van der Waals surface area contributed by atoms with Crippen LogP contribution in [0.4, 0.5) is 0 Å². The normalized spacial score (nSPS) is 14.2. The number of aryl methyl sites for hydroxylation is 1. The Morgan fingerprint density at radius 2 is 1.88 bits per heavy atom. The van der Waals surface area contributed by atoms with E-state index in [0.29, 0.717) is 0 Å². The van der Waals surface area contributed by atoms with Gasteiger partial charge in [0.15, 0.2) is 0 Å². The highest BCUT2D eigenvalue weighted by Crippen LogP contribution is 2.14. The van der Waals surface area contributed by atoms with Gasteiger partial charge in [0.1, 0.15) is 5.38 Å². The predicted molar refractivity (Wildman–Crippen MR) is 67.7 cm³/mol. The Morgan fingerprint density at radius 3 is 2.31 bits per heavy atom. The van der Waals surface area contributed by atoms with Crippen LogP contribution >= 0.6 is 11.6 Å². The zero-order valence-electron chi connectivity index (χ0n) is 9.96. The molecule has 1 aromatic carbocycles. The van der Waals surface area contributed by atoms with Crippen molar-refractivity contribution < 1.29 is 4.79 Å². The highest BCUT2D eigenvalue weighted by atomic mass is 35.5. The van der Waals surface area contributed by atoms with E-state index in [4.69, 9.17) is 11.6 Å². The second kappa shape index (κ2) is 5.90. The Bertz CT molecular complexity index is 345. The third kappa shape index (κ3) is 3.53. The van der Waals surface area contributed by atoms with Crippen molar-refractivity contribution in [3.05, 3.63) is 35.4 Å². The maximum atomic E-state index is 11.4. The topological polar surface area (TPSA) is 29.1 Å². The summed E-state index contributed by atoms with van der Waals surface area (Å²) < 4.78 is 0. The first-order valence-electron chi connectivity index (χ1n) is 5.58. The van der Waals surface area contributed by atoms with Crippen LogP contribution in [0.5, 0.6) is 0 Å². The van der Waals surface area contributed by atoms with E-state index in [-0.39, 0.29) is 11.9 Å². The van der Waals surface area contributed by atoms with Crippen LogP contribution in [0.2, 0.25) is 0 Å². The average Bonchev–Trinajstić information content (AvgIpc) is 2.28. The van der Waals surface area contributed by atoms with Crippen molar-refractivity contribution in [3.8, 4) is 0 Å². The number of halogens is 1. The Balaban J connectivity index is 2.65. The molecule has 0 saturated heterocycles. The van der Waals surface area contributed by atoms with Crippen LogP contribution < -0.4 is 5.32 Å². The van der Waals surface area contributed by atoms with Crippen LogP contribution in [0.1, 0.15) is 37.9 Å². The van der Waals surface area contributed by atoms with Gasteiger partial charge in [0.25, 0.3) is 0 Å². The van der Waals surface area contributed by atoms with Gasteiger partial charge in [0.05, 0.1) is 6.04 Å². The number of carbonyl (C=O) groups excluding carboxylic acids is 1. The first-order valence-corrected chi connectivity index (χ1v) is 6.01. The molecule has 3 heteroatoms. The quantitative estimate of drug-likeness (QED) is 0.804. The van der Waals surface area contributed by atoms with E-state index in [1.165, 1.54) is 5.56 Å². The van der Waals surface area contributed by atoms with Gasteiger partial charge >= 0.3 is 0 Å². The van der Waals surface area contributed by atoms with Crippen molar-refractivity contribution in [1.82, 2.24) is 5.32 Å². The fraction of sp³-hybridized carbons (Fsp3) is 0.462. The minimum absolute atomic E-state index is 0.000365. The molecule has 0 bridgehead atoms. The number of rotatable bonds is 4. The molecule has 0 aliphatic rings. The number of nitrogens with one attached hydrogen (secondary N) is 1. The standard InChI is InChI=1S/C13H18ClNO/c1-4-11-5-7-12(8-6-11)10(3)15-13(16)9(2)14/h5-10H,4H2,1-3H3,(H,15,16)/t9-,10-/m1/s1. The molecule has 0 spiro atoms. The molecule has 1 N–H and O–H groups in total. The van der Waals surface area contributed by atoms with E-state index in [1.54, 1.807) is 6.92 Å². The van der Waals surface area contributed by atoms with Crippen molar-refractivity contribution in [2.75, 3.05) is 0 Å². The number of amides is 1. The first-order chi connectivity index (χ1) is 7.54. The van der Waals surface area contributed by atoms with Crippen LogP contribution in [0.3, 0.4) is 0 Å². The van der Waals surface area contributed by atoms with Crippen LogP contribution in [0.15, 0.2) is 24.3 Å². The van der Waals surface area contributed by atoms with Crippen molar-refractivity contribution in [3.63, 3.8) is 0 Å². The van der Waals surface area contributed by atoms with E-state index in [1.807, 2.05) is 19.1 Å². The molecule has 0 unspecified atom stereocenters. The molecule has 2 nitrogen and oxygen atoms in total. The molecule has 0 fully saturated rings. The molecule has 0 heterocycles. The first kappa shape index (κ1) is 13.0. The average molecular weight is 240 g/mol. The molecule has 0 saturated carbocycles. The van der Waals surface area contributed by atoms with Gasteiger partial charge in [-0.2, -0.15) is 0 Å². The lowest BCUT2D eigenvalue weighted by atomic mass is 10.0. The number of hydrogen-bond donors (Lipinski definition) is 1. The maximum Gasteiger partial charge on any atom is 0.238 e. The third-order valence-electron chi connectivity index (χ3n) is 2.61. The Morgan fingerprint density at radius 1 is 1.31 bits per heavy atom. The third-order valence-corrected chi connectivity index (χ3v) is 2.81. The van der Waals surface area contributed by atoms with Gasteiger partial charge < -0.3 is 5.32 Å². The summed E-state index contributed by atoms with van der Waals surface area (Å²) in [4.78, 5) is 11.4. The van der Waals surface area contributed by atoms with E-state index in [9.17, 15) is 4.79 Å². The zero-order valence-corrected chi connectivity index (χ0v) is 10.7. The number of alkyl halides is 1. The van der Waals surface area contributed by atoms with Crippen molar-refractivity contribution in [2.24, 2.45) is 0 Å². The molecule has 0 aliphatic heterocycles. The lowest BCUT2D eigenvalue weighted by Crippen LogP contribution is -2.31. The zero-order chi connectivity index (χ0) is 12.1. The Hall–Kier alpha value is -1.02. The van der Waals surface area contributed by atoms with Crippen molar-refractivity contribution >= 4 is 17.5 Å². The number of benzene rings is 1. The summed E-state index contributed by atoms with van der Waals surface area (Å²) in [6.45, 7) is 5.75. The van der Waals surface area contributed by atoms with Crippen LogP contribution in [-0.2, 0) is 11.2 Å². The largest absolute Gasteiger partial charge is 0.348 e. The van der Waals surface area contributed by atoms with Gasteiger partial charge in [-0.1, -0.05) is 31.2 Å². The molecule has 1 rings (SSSR count). The molecular weight excluding hydrogens is 222 g/mol. The maximum absolute atomic E-state index is 11.4. The SMILES string of the molecule is CCc1ccc([C@@H](C)NC(=O)[C@@H](C)Cl)cc1. The van der Waals surface area contributed by atoms with Crippen molar-refractivity contribution in [2.45, 2.75) is 38.6 Å². The monoisotopic (exact) mass is 239 g/mol. The summed E-state index contributed by atoms with van der Waals surface area (Å²) in [5.41, 5.74) is 2.40. The van der Waals surface area contributed by atoms with Gasteiger partial charge in [-0.05, 0) is 31.4 Å². The van der Waals surface area contributed by atoms with Crippen LogP contribution in [0.25, 0.3) is 0 Å². The molecule has 0 radical (unpaired) electrons. The Kier molecular flexibility index (Phi) is 4.81. The smallest absolute Gasteiger partial charge is 0.238 e. The lowest BCUT2D eigenvalue weighted by molar-refractivity contribution is -0.121. The van der Waals surface area contributed by atoms with Gasteiger partial charge in [0, 0.05) is 0 Å². The highest BCUT2D eigenvalue weighted by Gasteiger charge is 2.13. The van der Waals surface area contributed by atoms with E-state index >= 15 is 0 Å². The minimum Gasteiger partial charge on any atom is -0.348 e. The summed E-state index contributed by atoms with van der Waals surface area (Å²) in [6, 6.07) is 8.26. The fourth-order valence-electron chi connectivity index (χ4n) is 1.45. The van der Waals surface area contributed by atoms with E-state index in [2.05, 4.69) is 24.4 Å². The summed E-state index contributed by atoms with van der Waals surface area (Å²) in [5.74, 6) is -0.131. The lowest BCUT2D eigenvalue weighted by Gasteiger charge is -2.15.